The molecule has 0 saturated carbocycles. The number of nitriles is 1. The van der Waals surface area contributed by atoms with Crippen molar-refractivity contribution in [1.82, 2.24) is 9.97 Å². The van der Waals surface area contributed by atoms with Crippen molar-refractivity contribution in [2.45, 2.75) is 5.03 Å². The highest BCUT2D eigenvalue weighted by molar-refractivity contribution is 7.99. The molecule has 0 aliphatic heterocycles. The zero-order valence-electron chi connectivity index (χ0n) is 6.60. The van der Waals surface area contributed by atoms with E-state index in [4.69, 9.17) is 5.26 Å². The summed E-state index contributed by atoms with van der Waals surface area (Å²) >= 11 is 3.04. The SMILES string of the molecule is N#CCSc1ncnc2sccc12. The lowest BCUT2D eigenvalue weighted by molar-refractivity contribution is 1.11. The molecule has 2 aromatic rings. The molecule has 2 aromatic heterocycles. The molecule has 3 nitrogen and oxygen atoms in total. The molecule has 0 atom stereocenters. The van der Waals surface area contributed by atoms with Crippen molar-refractivity contribution in [3.63, 3.8) is 0 Å². The van der Waals surface area contributed by atoms with Crippen LogP contribution in [0.1, 0.15) is 0 Å². The standard InChI is InChI=1S/C8H5N3S2/c9-2-4-13-8-6-1-3-12-7(6)10-5-11-8/h1,3,5H,4H2. The summed E-state index contributed by atoms with van der Waals surface area (Å²) in [5, 5.41) is 12.4. The van der Waals surface area contributed by atoms with Crippen LogP contribution in [-0.2, 0) is 0 Å². The predicted molar refractivity (Wildman–Crippen MR) is 53.8 cm³/mol. The lowest BCUT2D eigenvalue weighted by Crippen LogP contribution is -1.83. The van der Waals surface area contributed by atoms with Crippen LogP contribution in [0.2, 0.25) is 0 Å². The molecule has 0 unspecified atom stereocenters. The van der Waals surface area contributed by atoms with Gasteiger partial charge in [0.25, 0.3) is 0 Å². The van der Waals surface area contributed by atoms with Crippen molar-refractivity contribution in [1.29, 1.82) is 5.26 Å². The molecule has 5 heteroatoms. The number of hydrogen-bond acceptors (Lipinski definition) is 5. The van der Waals surface area contributed by atoms with E-state index >= 15 is 0 Å². The third-order valence-corrected chi connectivity index (χ3v) is 3.19. The van der Waals surface area contributed by atoms with E-state index < -0.39 is 0 Å². The molecule has 0 aliphatic rings. The van der Waals surface area contributed by atoms with Crippen LogP contribution in [0.3, 0.4) is 0 Å². The van der Waals surface area contributed by atoms with Gasteiger partial charge >= 0.3 is 0 Å². The molecule has 0 saturated heterocycles. The second-order valence-corrected chi connectivity index (χ2v) is 4.12. The monoisotopic (exact) mass is 207 g/mol. The van der Waals surface area contributed by atoms with Crippen LogP contribution < -0.4 is 0 Å². The van der Waals surface area contributed by atoms with Crippen LogP contribution in [-0.4, -0.2) is 15.7 Å². The topological polar surface area (TPSA) is 49.6 Å². The lowest BCUT2D eigenvalue weighted by atomic mass is 10.4. The van der Waals surface area contributed by atoms with Gasteiger partial charge in [0.1, 0.15) is 16.2 Å². The quantitative estimate of drug-likeness (QED) is 0.560. The average Bonchev–Trinajstić information content (AvgIpc) is 2.62. The first-order chi connectivity index (χ1) is 6.42. The predicted octanol–water partition coefficient (Wildman–Crippen LogP) is 2.31. The molecule has 0 aliphatic carbocycles. The van der Waals surface area contributed by atoms with E-state index in [1.807, 2.05) is 11.4 Å². The van der Waals surface area contributed by atoms with E-state index in [9.17, 15) is 0 Å². The summed E-state index contributed by atoms with van der Waals surface area (Å²) in [5.74, 6) is 0.433. The second kappa shape index (κ2) is 3.73. The van der Waals surface area contributed by atoms with Crippen LogP contribution in [0.25, 0.3) is 10.2 Å². The van der Waals surface area contributed by atoms with Gasteiger partial charge in [-0.15, -0.1) is 11.3 Å². The highest BCUT2D eigenvalue weighted by Gasteiger charge is 2.03. The van der Waals surface area contributed by atoms with Gasteiger partial charge in [-0.05, 0) is 11.4 Å². The molecule has 0 radical (unpaired) electrons. The van der Waals surface area contributed by atoms with Gasteiger partial charge < -0.3 is 0 Å². The summed E-state index contributed by atoms with van der Waals surface area (Å²) in [4.78, 5) is 9.23. The largest absolute Gasteiger partial charge is 0.229 e. The van der Waals surface area contributed by atoms with E-state index in [0.717, 1.165) is 15.2 Å². The van der Waals surface area contributed by atoms with Gasteiger partial charge in [0.15, 0.2) is 0 Å². The van der Waals surface area contributed by atoms with Crippen molar-refractivity contribution in [3.05, 3.63) is 17.8 Å². The zero-order valence-corrected chi connectivity index (χ0v) is 8.23. The Kier molecular flexibility index (Phi) is 2.43. The van der Waals surface area contributed by atoms with Gasteiger partial charge in [0, 0.05) is 5.39 Å². The van der Waals surface area contributed by atoms with Gasteiger partial charge in [0.2, 0.25) is 0 Å². The highest BCUT2D eigenvalue weighted by Crippen LogP contribution is 2.26. The molecule has 0 amide bonds. The Morgan fingerprint density at radius 3 is 3.31 bits per heavy atom. The molecule has 13 heavy (non-hydrogen) atoms. The fourth-order valence-electron chi connectivity index (χ4n) is 0.983. The molecular weight excluding hydrogens is 202 g/mol. The summed E-state index contributed by atoms with van der Waals surface area (Å²) in [6.45, 7) is 0. The van der Waals surface area contributed by atoms with Gasteiger partial charge in [0.05, 0.1) is 11.8 Å². The summed E-state index contributed by atoms with van der Waals surface area (Å²) < 4.78 is 0. The van der Waals surface area contributed by atoms with E-state index in [2.05, 4.69) is 16.0 Å². The van der Waals surface area contributed by atoms with E-state index in [0.29, 0.717) is 5.75 Å². The summed E-state index contributed by atoms with van der Waals surface area (Å²) in [6, 6.07) is 4.06. The van der Waals surface area contributed by atoms with Crippen LogP contribution in [0.5, 0.6) is 0 Å². The van der Waals surface area contributed by atoms with Crippen LogP contribution in [0.15, 0.2) is 22.8 Å². The second-order valence-electron chi connectivity index (χ2n) is 2.27. The Hall–Kier alpha value is -1.12. The highest BCUT2D eigenvalue weighted by atomic mass is 32.2. The number of hydrogen-bond donors (Lipinski definition) is 0. The van der Waals surface area contributed by atoms with Crippen molar-refractivity contribution >= 4 is 33.3 Å². The number of nitrogens with zero attached hydrogens (tertiary/aromatic N) is 3. The molecule has 2 heterocycles. The molecule has 0 bridgehead atoms. The Bertz CT molecular complexity index is 458. The van der Waals surface area contributed by atoms with Crippen LogP contribution in [0.4, 0.5) is 0 Å². The third-order valence-electron chi connectivity index (χ3n) is 1.50. The maximum Gasteiger partial charge on any atom is 0.127 e. The average molecular weight is 207 g/mol. The van der Waals surface area contributed by atoms with Gasteiger partial charge in [-0.3, -0.25) is 0 Å². The minimum atomic E-state index is 0.433. The molecule has 64 valence electrons. The maximum atomic E-state index is 8.44. The Balaban J connectivity index is 2.44. The molecule has 0 fully saturated rings. The lowest BCUT2D eigenvalue weighted by Gasteiger charge is -1.96. The minimum absolute atomic E-state index is 0.433. The van der Waals surface area contributed by atoms with E-state index in [1.54, 1.807) is 17.7 Å². The van der Waals surface area contributed by atoms with Crippen molar-refractivity contribution in [3.8, 4) is 6.07 Å². The van der Waals surface area contributed by atoms with Gasteiger partial charge in [-0.1, -0.05) is 11.8 Å². The smallest absolute Gasteiger partial charge is 0.127 e. The van der Waals surface area contributed by atoms with Crippen molar-refractivity contribution in [2.24, 2.45) is 0 Å². The maximum absolute atomic E-state index is 8.44. The summed E-state index contributed by atoms with van der Waals surface area (Å²) in [7, 11) is 0. The van der Waals surface area contributed by atoms with Gasteiger partial charge in [-0.2, -0.15) is 5.26 Å². The Morgan fingerprint density at radius 2 is 2.46 bits per heavy atom. The van der Waals surface area contributed by atoms with Crippen molar-refractivity contribution < 1.29 is 0 Å². The first-order valence-electron chi connectivity index (χ1n) is 3.60. The minimum Gasteiger partial charge on any atom is -0.229 e. The Morgan fingerprint density at radius 1 is 1.54 bits per heavy atom. The number of fused-ring (bicyclic) bond motifs is 1. The van der Waals surface area contributed by atoms with Crippen LogP contribution in [0, 0.1) is 11.3 Å². The van der Waals surface area contributed by atoms with Crippen molar-refractivity contribution in [2.75, 3.05) is 5.75 Å². The summed E-state index contributed by atoms with van der Waals surface area (Å²) in [5.41, 5.74) is 0. The van der Waals surface area contributed by atoms with E-state index in [1.165, 1.54) is 11.8 Å². The molecule has 0 spiro atoms. The first-order valence-corrected chi connectivity index (χ1v) is 5.46. The number of thiophene rings is 1. The van der Waals surface area contributed by atoms with Crippen LogP contribution >= 0.6 is 23.1 Å². The normalized spacial score (nSPS) is 10.1. The Labute approximate surface area is 83.4 Å². The third kappa shape index (κ3) is 1.64. The number of thioether (sulfide) groups is 1. The molecular formula is C8H5N3S2. The fraction of sp³-hybridized carbons (Fsp3) is 0.125. The number of aromatic nitrogens is 2. The van der Waals surface area contributed by atoms with E-state index in [-0.39, 0.29) is 0 Å². The number of rotatable bonds is 2. The first kappa shape index (κ1) is 8.48. The van der Waals surface area contributed by atoms with Gasteiger partial charge in [-0.25, -0.2) is 9.97 Å². The summed E-state index contributed by atoms with van der Waals surface area (Å²) in [6.07, 6.45) is 1.54. The zero-order chi connectivity index (χ0) is 9.10. The fourth-order valence-corrected chi connectivity index (χ4v) is 2.42. The molecule has 0 aromatic carbocycles. The molecule has 0 N–H and O–H groups in total. The molecule has 2 rings (SSSR count).